The van der Waals surface area contributed by atoms with E-state index in [-0.39, 0.29) is 12.1 Å². The number of nitrogens with zero attached hydrogens (tertiary/aromatic N) is 4. The van der Waals surface area contributed by atoms with Crippen LogP contribution in [-0.2, 0) is 14.8 Å². The van der Waals surface area contributed by atoms with Crippen molar-refractivity contribution in [1.29, 1.82) is 0 Å². The standard InChI is InChI=1S/C34H43ClN6O4S/c1-22(2)45-32-20-27(24-11-15-40(16-12-24)25-13-17-44-18-14-25)23(3)19-30(32)38-34-36-21-28(35)33(39-34)37-29-7-5-6-8-31(29)41(26-9-10-26)46(4,42)43/h5-8,11,19-22,25-26H,9-10,12-18H2,1-4H3,(H2,36,37,38,39). The number of para-hydroxylation sites is 2. The van der Waals surface area contributed by atoms with Gasteiger partial charge in [0.1, 0.15) is 10.8 Å². The van der Waals surface area contributed by atoms with Crippen molar-refractivity contribution in [3.8, 4) is 5.75 Å². The van der Waals surface area contributed by atoms with Gasteiger partial charge in [-0.2, -0.15) is 4.98 Å². The summed E-state index contributed by atoms with van der Waals surface area (Å²) >= 11 is 6.55. The Bertz CT molecular complexity index is 1710. The van der Waals surface area contributed by atoms with Crippen LogP contribution in [0.15, 0.2) is 48.7 Å². The van der Waals surface area contributed by atoms with Crippen LogP contribution in [0.1, 0.15) is 57.1 Å². The number of nitrogens with one attached hydrogen (secondary N) is 2. The summed E-state index contributed by atoms with van der Waals surface area (Å²) in [5.74, 6) is 1.41. The van der Waals surface area contributed by atoms with E-state index in [0.717, 1.165) is 75.4 Å². The highest BCUT2D eigenvalue weighted by molar-refractivity contribution is 7.92. The molecule has 0 atom stereocenters. The van der Waals surface area contributed by atoms with Crippen molar-refractivity contribution in [1.82, 2.24) is 14.9 Å². The fourth-order valence-electron chi connectivity index (χ4n) is 6.28. The molecule has 246 valence electrons. The number of anilines is 5. The van der Waals surface area contributed by atoms with Gasteiger partial charge in [-0.05, 0) is 93.8 Å². The van der Waals surface area contributed by atoms with Crippen LogP contribution in [0.4, 0.5) is 28.8 Å². The van der Waals surface area contributed by atoms with Crippen LogP contribution in [0.3, 0.4) is 0 Å². The van der Waals surface area contributed by atoms with Crippen molar-refractivity contribution in [3.05, 3.63) is 64.8 Å². The first kappa shape index (κ1) is 32.6. The van der Waals surface area contributed by atoms with Gasteiger partial charge in [-0.1, -0.05) is 29.8 Å². The summed E-state index contributed by atoms with van der Waals surface area (Å²) in [7, 11) is -3.48. The fourth-order valence-corrected chi connectivity index (χ4v) is 7.69. The smallest absolute Gasteiger partial charge is 0.232 e. The first-order valence-electron chi connectivity index (χ1n) is 16.0. The average Bonchev–Trinajstić information content (AvgIpc) is 3.86. The van der Waals surface area contributed by atoms with E-state index in [2.05, 4.69) is 50.6 Å². The number of rotatable bonds is 11. The van der Waals surface area contributed by atoms with Crippen molar-refractivity contribution in [2.24, 2.45) is 0 Å². The van der Waals surface area contributed by atoms with E-state index < -0.39 is 10.0 Å². The van der Waals surface area contributed by atoms with Crippen LogP contribution < -0.4 is 19.7 Å². The molecule has 3 heterocycles. The Balaban J connectivity index is 1.25. The molecular formula is C34H43ClN6O4S. The van der Waals surface area contributed by atoms with Crippen molar-refractivity contribution >= 4 is 56.0 Å². The van der Waals surface area contributed by atoms with E-state index in [9.17, 15) is 8.42 Å². The summed E-state index contributed by atoms with van der Waals surface area (Å²) in [5, 5.41) is 6.92. The molecule has 2 aliphatic heterocycles. The number of ether oxygens (including phenoxy) is 2. The molecule has 0 amide bonds. The minimum Gasteiger partial charge on any atom is -0.489 e. The molecule has 1 saturated carbocycles. The number of hydrogen-bond donors (Lipinski definition) is 2. The monoisotopic (exact) mass is 666 g/mol. The molecule has 0 radical (unpaired) electrons. The van der Waals surface area contributed by atoms with Gasteiger partial charge >= 0.3 is 0 Å². The molecule has 2 fully saturated rings. The van der Waals surface area contributed by atoms with Gasteiger partial charge in [-0.15, -0.1) is 0 Å². The second-order valence-corrected chi connectivity index (χ2v) is 14.9. The molecule has 3 aliphatic rings. The lowest BCUT2D eigenvalue weighted by molar-refractivity contribution is 0.0378. The van der Waals surface area contributed by atoms with Crippen LogP contribution in [0.25, 0.3) is 5.57 Å². The second-order valence-electron chi connectivity index (χ2n) is 12.6. The molecule has 10 nitrogen and oxygen atoms in total. The number of aromatic nitrogens is 2. The largest absolute Gasteiger partial charge is 0.489 e. The minimum absolute atomic E-state index is 0.0374. The quantitative estimate of drug-likeness (QED) is 0.226. The second kappa shape index (κ2) is 13.8. The van der Waals surface area contributed by atoms with E-state index in [1.807, 2.05) is 32.0 Å². The number of halogens is 1. The molecule has 3 aromatic rings. The number of sulfonamides is 1. The molecule has 0 bridgehead atoms. The average molecular weight is 667 g/mol. The Hall–Kier alpha value is -3.38. The third-order valence-corrected chi connectivity index (χ3v) is 10.1. The van der Waals surface area contributed by atoms with E-state index in [1.165, 1.54) is 27.9 Å². The van der Waals surface area contributed by atoms with Gasteiger partial charge in [-0.25, -0.2) is 13.4 Å². The number of hydrogen-bond acceptors (Lipinski definition) is 9. The molecular weight excluding hydrogens is 624 g/mol. The van der Waals surface area contributed by atoms with Crippen molar-refractivity contribution in [3.63, 3.8) is 0 Å². The fraction of sp³-hybridized carbons (Fsp3) is 0.471. The van der Waals surface area contributed by atoms with Gasteiger partial charge in [-0.3, -0.25) is 9.21 Å². The van der Waals surface area contributed by atoms with E-state index >= 15 is 0 Å². The maximum absolute atomic E-state index is 12.7. The number of aryl methyl sites for hydroxylation is 1. The molecule has 6 rings (SSSR count). The van der Waals surface area contributed by atoms with Crippen LogP contribution in [-0.4, -0.2) is 74.0 Å². The SMILES string of the molecule is Cc1cc(Nc2ncc(Cl)c(Nc3ccccc3N(C3CC3)S(C)(=O)=O)n2)c(OC(C)C)cc1C1=CCN(C2CCOCC2)CC1. The predicted octanol–water partition coefficient (Wildman–Crippen LogP) is 6.91. The Morgan fingerprint density at radius 1 is 1.09 bits per heavy atom. The molecule has 12 heteroatoms. The van der Waals surface area contributed by atoms with Crippen LogP contribution in [0.2, 0.25) is 5.02 Å². The topological polar surface area (TPSA) is 109 Å². The van der Waals surface area contributed by atoms with Crippen LogP contribution in [0.5, 0.6) is 5.75 Å². The summed E-state index contributed by atoms with van der Waals surface area (Å²) < 4.78 is 38.7. The first-order chi connectivity index (χ1) is 22.1. The molecule has 2 N–H and O–H groups in total. The third kappa shape index (κ3) is 7.60. The summed E-state index contributed by atoms with van der Waals surface area (Å²) in [6.07, 6.45) is 9.93. The summed E-state index contributed by atoms with van der Waals surface area (Å²) in [4.78, 5) is 11.7. The van der Waals surface area contributed by atoms with Crippen molar-refractivity contribution < 1.29 is 17.9 Å². The summed E-state index contributed by atoms with van der Waals surface area (Å²) in [5.41, 5.74) is 5.56. The van der Waals surface area contributed by atoms with Crippen LogP contribution >= 0.6 is 11.6 Å². The molecule has 1 aromatic heterocycles. The molecule has 1 aliphatic carbocycles. The van der Waals surface area contributed by atoms with Gasteiger partial charge in [0.05, 0.1) is 35.6 Å². The first-order valence-corrected chi connectivity index (χ1v) is 18.3. The normalized spacial score (nSPS) is 17.9. The molecule has 0 unspecified atom stereocenters. The maximum atomic E-state index is 12.7. The molecule has 2 aromatic carbocycles. The Kier molecular flexibility index (Phi) is 9.75. The van der Waals surface area contributed by atoms with Crippen molar-refractivity contribution in [2.45, 2.75) is 71.1 Å². The minimum atomic E-state index is -3.48. The Morgan fingerprint density at radius 3 is 2.52 bits per heavy atom. The van der Waals surface area contributed by atoms with E-state index in [1.54, 1.807) is 6.07 Å². The highest BCUT2D eigenvalue weighted by Gasteiger charge is 2.36. The lowest BCUT2D eigenvalue weighted by Gasteiger charge is -2.36. The van der Waals surface area contributed by atoms with Crippen LogP contribution in [0, 0.1) is 6.92 Å². The number of benzene rings is 2. The van der Waals surface area contributed by atoms with E-state index in [4.69, 9.17) is 21.1 Å². The highest BCUT2D eigenvalue weighted by Crippen LogP contribution is 2.40. The van der Waals surface area contributed by atoms with Gasteiger partial charge in [0.25, 0.3) is 0 Å². The van der Waals surface area contributed by atoms with Gasteiger partial charge in [0.2, 0.25) is 16.0 Å². The summed E-state index contributed by atoms with van der Waals surface area (Å²) in [6.45, 7) is 9.82. The van der Waals surface area contributed by atoms with Gasteiger partial charge in [0.15, 0.2) is 5.82 Å². The van der Waals surface area contributed by atoms with Gasteiger partial charge < -0.3 is 20.1 Å². The predicted molar refractivity (Wildman–Crippen MR) is 185 cm³/mol. The lowest BCUT2D eigenvalue weighted by Crippen LogP contribution is -2.41. The third-order valence-electron chi connectivity index (χ3n) is 8.60. The Morgan fingerprint density at radius 2 is 1.85 bits per heavy atom. The zero-order chi connectivity index (χ0) is 32.4. The van der Waals surface area contributed by atoms with E-state index in [0.29, 0.717) is 34.2 Å². The summed E-state index contributed by atoms with van der Waals surface area (Å²) in [6, 6.07) is 12.0. The molecule has 1 saturated heterocycles. The maximum Gasteiger partial charge on any atom is 0.232 e. The highest BCUT2D eigenvalue weighted by atomic mass is 35.5. The molecule has 0 spiro atoms. The Labute approximate surface area is 277 Å². The van der Waals surface area contributed by atoms with Gasteiger partial charge in [0, 0.05) is 38.4 Å². The molecule has 46 heavy (non-hydrogen) atoms. The zero-order valence-electron chi connectivity index (χ0n) is 26.9. The van der Waals surface area contributed by atoms with Crippen molar-refractivity contribution in [2.75, 3.05) is 47.5 Å². The lowest BCUT2D eigenvalue weighted by atomic mass is 9.93. The zero-order valence-corrected chi connectivity index (χ0v) is 28.5.